The number of aromatic nitrogens is 1. The van der Waals surface area contributed by atoms with Gasteiger partial charge >= 0.3 is 0 Å². The van der Waals surface area contributed by atoms with E-state index in [0.29, 0.717) is 18.5 Å². The maximum absolute atomic E-state index is 12.5. The summed E-state index contributed by atoms with van der Waals surface area (Å²) in [7, 11) is 3.26. The van der Waals surface area contributed by atoms with Crippen LogP contribution in [0.25, 0.3) is 10.9 Å². The molecule has 0 saturated heterocycles. The Labute approximate surface area is 140 Å². The summed E-state index contributed by atoms with van der Waals surface area (Å²) in [5.41, 5.74) is 2.59. The Morgan fingerprint density at radius 1 is 1.12 bits per heavy atom. The largest absolute Gasteiger partial charge is 0.497 e. The molecule has 1 heterocycles. The van der Waals surface area contributed by atoms with Crippen LogP contribution in [0.3, 0.4) is 0 Å². The minimum absolute atomic E-state index is 0.107. The second-order valence-electron chi connectivity index (χ2n) is 5.43. The van der Waals surface area contributed by atoms with Crippen molar-refractivity contribution < 1.29 is 14.3 Å². The molecule has 0 saturated carbocycles. The molecule has 2 aromatic carbocycles. The molecule has 3 rings (SSSR count). The number of hydrogen-bond acceptors (Lipinski definition) is 3. The highest BCUT2D eigenvalue weighted by Gasteiger charge is 2.12. The number of rotatable bonds is 6. The zero-order chi connectivity index (χ0) is 16.9. The lowest BCUT2D eigenvalue weighted by Crippen LogP contribution is -2.25. The van der Waals surface area contributed by atoms with Gasteiger partial charge in [-0.2, -0.15) is 0 Å². The molecular formula is C19H20N2O3. The molecule has 2 N–H and O–H groups in total. The molecule has 0 radical (unpaired) electrons. The van der Waals surface area contributed by atoms with Crippen molar-refractivity contribution in [1.29, 1.82) is 0 Å². The summed E-state index contributed by atoms with van der Waals surface area (Å²) in [4.78, 5) is 15.6. The Morgan fingerprint density at radius 3 is 2.75 bits per heavy atom. The fourth-order valence-corrected chi connectivity index (χ4v) is 2.73. The Kier molecular flexibility index (Phi) is 4.70. The van der Waals surface area contributed by atoms with Crippen molar-refractivity contribution in [2.75, 3.05) is 20.8 Å². The number of ether oxygens (including phenoxy) is 2. The summed E-state index contributed by atoms with van der Waals surface area (Å²) in [5.74, 6) is 1.46. The number of H-pyrrole nitrogens is 1. The summed E-state index contributed by atoms with van der Waals surface area (Å²) < 4.78 is 10.6. The fraction of sp³-hybridized carbons (Fsp3) is 0.211. The number of para-hydroxylation sites is 1. The summed E-state index contributed by atoms with van der Waals surface area (Å²) in [5, 5.41) is 3.81. The molecule has 124 valence electrons. The summed E-state index contributed by atoms with van der Waals surface area (Å²) in [6, 6.07) is 13.4. The van der Waals surface area contributed by atoms with Gasteiger partial charge in [-0.25, -0.2) is 0 Å². The van der Waals surface area contributed by atoms with E-state index >= 15 is 0 Å². The second kappa shape index (κ2) is 7.08. The predicted octanol–water partition coefficient (Wildman–Crippen LogP) is 3.16. The van der Waals surface area contributed by atoms with Crippen molar-refractivity contribution in [2.24, 2.45) is 0 Å². The number of methoxy groups -OCH3 is 2. The SMILES string of the molecule is COc1ccc2[nH]cc(C(=O)NCCc3ccccc3OC)c2c1. The molecule has 0 aliphatic heterocycles. The van der Waals surface area contributed by atoms with Crippen LogP contribution in [0.15, 0.2) is 48.7 Å². The van der Waals surface area contributed by atoms with Gasteiger partial charge in [0.05, 0.1) is 19.8 Å². The zero-order valence-corrected chi connectivity index (χ0v) is 13.8. The highest BCUT2D eigenvalue weighted by atomic mass is 16.5. The highest BCUT2D eigenvalue weighted by molar-refractivity contribution is 6.07. The molecule has 24 heavy (non-hydrogen) atoms. The lowest BCUT2D eigenvalue weighted by atomic mass is 10.1. The monoisotopic (exact) mass is 324 g/mol. The highest BCUT2D eigenvalue weighted by Crippen LogP contribution is 2.23. The van der Waals surface area contributed by atoms with Gasteiger partial charge in [0.2, 0.25) is 0 Å². The van der Waals surface area contributed by atoms with E-state index in [0.717, 1.165) is 28.0 Å². The quantitative estimate of drug-likeness (QED) is 0.732. The average Bonchev–Trinajstić information content (AvgIpc) is 3.05. The van der Waals surface area contributed by atoms with Gasteiger partial charge in [-0.3, -0.25) is 4.79 Å². The van der Waals surface area contributed by atoms with E-state index in [4.69, 9.17) is 9.47 Å². The van der Waals surface area contributed by atoms with Gasteiger partial charge in [-0.05, 0) is 36.2 Å². The van der Waals surface area contributed by atoms with Crippen LogP contribution in [0.4, 0.5) is 0 Å². The smallest absolute Gasteiger partial charge is 0.253 e. The molecule has 0 fully saturated rings. The zero-order valence-electron chi connectivity index (χ0n) is 13.8. The third-order valence-electron chi connectivity index (χ3n) is 4.01. The van der Waals surface area contributed by atoms with Crippen molar-refractivity contribution in [3.05, 3.63) is 59.8 Å². The normalized spacial score (nSPS) is 10.6. The van der Waals surface area contributed by atoms with Gasteiger partial charge in [-0.15, -0.1) is 0 Å². The van der Waals surface area contributed by atoms with Crippen molar-refractivity contribution in [2.45, 2.75) is 6.42 Å². The number of benzene rings is 2. The van der Waals surface area contributed by atoms with Crippen LogP contribution in [0, 0.1) is 0 Å². The Bertz CT molecular complexity index is 855. The molecule has 0 spiro atoms. The molecule has 0 atom stereocenters. The third kappa shape index (κ3) is 3.20. The van der Waals surface area contributed by atoms with E-state index in [-0.39, 0.29) is 5.91 Å². The number of carbonyl (C=O) groups is 1. The van der Waals surface area contributed by atoms with Crippen LogP contribution in [0.5, 0.6) is 11.5 Å². The van der Waals surface area contributed by atoms with Crippen LogP contribution >= 0.6 is 0 Å². The topological polar surface area (TPSA) is 63.4 Å². The summed E-state index contributed by atoms with van der Waals surface area (Å²) in [6.07, 6.45) is 2.43. The first kappa shape index (κ1) is 15.9. The van der Waals surface area contributed by atoms with E-state index in [9.17, 15) is 4.79 Å². The van der Waals surface area contributed by atoms with E-state index in [2.05, 4.69) is 10.3 Å². The molecule has 0 aliphatic rings. The summed E-state index contributed by atoms with van der Waals surface area (Å²) >= 11 is 0. The minimum Gasteiger partial charge on any atom is -0.497 e. The molecule has 5 nitrogen and oxygen atoms in total. The lowest BCUT2D eigenvalue weighted by Gasteiger charge is -2.09. The number of amides is 1. The van der Waals surface area contributed by atoms with Crippen LogP contribution in [0.2, 0.25) is 0 Å². The maximum Gasteiger partial charge on any atom is 0.253 e. The van der Waals surface area contributed by atoms with E-state index in [1.54, 1.807) is 20.4 Å². The Morgan fingerprint density at radius 2 is 1.96 bits per heavy atom. The average molecular weight is 324 g/mol. The van der Waals surface area contributed by atoms with Crippen molar-refractivity contribution in [3.63, 3.8) is 0 Å². The molecule has 3 aromatic rings. The Hall–Kier alpha value is -2.95. The standard InChI is InChI=1S/C19H20N2O3/c1-23-14-7-8-17-15(11-14)16(12-21-17)19(22)20-10-9-13-5-3-4-6-18(13)24-2/h3-8,11-12,21H,9-10H2,1-2H3,(H,20,22). The number of carbonyl (C=O) groups excluding carboxylic acids is 1. The van der Waals surface area contributed by atoms with Gasteiger partial charge < -0.3 is 19.8 Å². The first-order valence-electron chi connectivity index (χ1n) is 7.78. The number of fused-ring (bicyclic) bond motifs is 1. The first-order valence-corrected chi connectivity index (χ1v) is 7.78. The summed E-state index contributed by atoms with van der Waals surface area (Å²) in [6.45, 7) is 0.538. The molecule has 0 aliphatic carbocycles. The van der Waals surface area contributed by atoms with E-state index in [1.165, 1.54) is 0 Å². The predicted molar refractivity (Wildman–Crippen MR) is 93.9 cm³/mol. The van der Waals surface area contributed by atoms with Crippen LogP contribution < -0.4 is 14.8 Å². The maximum atomic E-state index is 12.5. The molecule has 1 aromatic heterocycles. The van der Waals surface area contributed by atoms with Crippen molar-refractivity contribution in [3.8, 4) is 11.5 Å². The second-order valence-corrected chi connectivity index (χ2v) is 5.43. The molecule has 1 amide bonds. The van der Waals surface area contributed by atoms with Crippen LogP contribution in [-0.4, -0.2) is 31.7 Å². The number of aromatic amines is 1. The molecule has 0 bridgehead atoms. The van der Waals surface area contributed by atoms with Gasteiger partial charge in [-0.1, -0.05) is 18.2 Å². The number of nitrogens with one attached hydrogen (secondary N) is 2. The van der Waals surface area contributed by atoms with Crippen LogP contribution in [0.1, 0.15) is 15.9 Å². The molecule has 5 heteroatoms. The van der Waals surface area contributed by atoms with Gasteiger partial charge in [0.25, 0.3) is 5.91 Å². The number of hydrogen-bond donors (Lipinski definition) is 2. The van der Waals surface area contributed by atoms with E-state index < -0.39 is 0 Å². The third-order valence-corrected chi connectivity index (χ3v) is 4.01. The molecule has 0 unspecified atom stereocenters. The fourth-order valence-electron chi connectivity index (χ4n) is 2.73. The lowest BCUT2D eigenvalue weighted by molar-refractivity contribution is 0.0955. The first-order chi connectivity index (χ1) is 11.7. The molecular weight excluding hydrogens is 304 g/mol. The van der Waals surface area contributed by atoms with Gasteiger partial charge in [0, 0.05) is 23.6 Å². The Balaban J connectivity index is 1.69. The minimum atomic E-state index is -0.107. The van der Waals surface area contributed by atoms with Crippen molar-refractivity contribution >= 4 is 16.8 Å². The van der Waals surface area contributed by atoms with Gasteiger partial charge in [0.15, 0.2) is 0 Å². The van der Waals surface area contributed by atoms with Gasteiger partial charge in [0.1, 0.15) is 11.5 Å². The van der Waals surface area contributed by atoms with Crippen molar-refractivity contribution in [1.82, 2.24) is 10.3 Å². The van der Waals surface area contributed by atoms with Crippen LogP contribution in [-0.2, 0) is 6.42 Å². The van der Waals surface area contributed by atoms with E-state index in [1.807, 2.05) is 42.5 Å².